The molecule has 2 aliphatic rings. The van der Waals surface area contributed by atoms with Crippen molar-refractivity contribution < 1.29 is 13.2 Å². The van der Waals surface area contributed by atoms with E-state index in [1.54, 1.807) is 18.2 Å². The molecule has 8 heteroatoms. The number of hydrogen-bond acceptors (Lipinski definition) is 4. The summed E-state index contributed by atoms with van der Waals surface area (Å²) in [6, 6.07) is 5.26. The quantitative estimate of drug-likeness (QED) is 0.790. The minimum absolute atomic E-state index is 0.0397. The molecule has 1 atom stereocenters. The number of hydrogen-bond donors (Lipinski definition) is 0. The van der Waals surface area contributed by atoms with Crippen LogP contribution in [0.3, 0.4) is 0 Å². The van der Waals surface area contributed by atoms with Crippen molar-refractivity contribution in [1.82, 2.24) is 9.80 Å². The predicted molar refractivity (Wildman–Crippen MR) is 95.4 cm³/mol. The molecule has 0 aromatic heterocycles. The standard InChI is InChI=1S/C16H20Cl2N2O3S/c17-13-2-1-12(15(18)10-13)9-16(21)20-6-4-19(5-7-20)14-3-8-24(22,23)11-14/h1-2,10,14H,3-9,11H2. The van der Waals surface area contributed by atoms with E-state index in [-0.39, 0.29) is 29.9 Å². The fourth-order valence-electron chi connectivity index (χ4n) is 3.34. The molecule has 1 aromatic carbocycles. The second-order valence-electron chi connectivity index (χ2n) is 6.39. The Labute approximate surface area is 152 Å². The molecular formula is C16H20Cl2N2O3S. The van der Waals surface area contributed by atoms with Crippen molar-refractivity contribution in [3.8, 4) is 0 Å². The van der Waals surface area contributed by atoms with Crippen LogP contribution in [0, 0.1) is 0 Å². The molecule has 0 radical (unpaired) electrons. The molecule has 0 spiro atoms. The zero-order valence-electron chi connectivity index (χ0n) is 13.2. The van der Waals surface area contributed by atoms with Crippen LogP contribution >= 0.6 is 23.2 Å². The van der Waals surface area contributed by atoms with Gasteiger partial charge < -0.3 is 4.90 Å². The van der Waals surface area contributed by atoms with Gasteiger partial charge in [-0.25, -0.2) is 8.42 Å². The normalized spacial score (nSPS) is 24.2. The molecule has 0 bridgehead atoms. The Bertz CT molecular complexity index is 731. The molecule has 2 aliphatic heterocycles. The summed E-state index contributed by atoms with van der Waals surface area (Å²) >= 11 is 12.0. The highest BCUT2D eigenvalue weighted by molar-refractivity contribution is 7.91. The second kappa shape index (κ2) is 7.20. The first-order valence-electron chi connectivity index (χ1n) is 8.00. The maximum absolute atomic E-state index is 12.5. The number of piperazine rings is 1. The number of amides is 1. The first-order chi connectivity index (χ1) is 11.3. The van der Waals surface area contributed by atoms with Gasteiger partial charge in [-0.3, -0.25) is 9.69 Å². The number of benzene rings is 1. The first kappa shape index (κ1) is 18.0. The van der Waals surface area contributed by atoms with E-state index < -0.39 is 9.84 Å². The fourth-order valence-corrected chi connectivity index (χ4v) is 5.58. The van der Waals surface area contributed by atoms with Crippen LogP contribution in [0.5, 0.6) is 0 Å². The third kappa shape index (κ3) is 4.23. The van der Waals surface area contributed by atoms with Gasteiger partial charge in [0.2, 0.25) is 5.91 Å². The van der Waals surface area contributed by atoms with Crippen LogP contribution < -0.4 is 0 Å². The SMILES string of the molecule is O=C(Cc1ccc(Cl)cc1Cl)N1CCN(C2CCS(=O)(=O)C2)CC1. The van der Waals surface area contributed by atoms with Gasteiger partial charge in [-0.05, 0) is 24.1 Å². The number of halogens is 2. The average molecular weight is 391 g/mol. The van der Waals surface area contributed by atoms with E-state index in [2.05, 4.69) is 4.90 Å². The van der Waals surface area contributed by atoms with E-state index in [0.29, 0.717) is 29.6 Å². The Kier molecular flexibility index (Phi) is 5.39. The molecule has 5 nitrogen and oxygen atoms in total. The molecule has 1 unspecified atom stereocenters. The highest BCUT2D eigenvalue weighted by Gasteiger charge is 2.34. The monoisotopic (exact) mass is 390 g/mol. The van der Waals surface area contributed by atoms with E-state index in [9.17, 15) is 13.2 Å². The Morgan fingerprint density at radius 3 is 2.46 bits per heavy atom. The zero-order valence-corrected chi connectivity index (χ0v) is 15.6. The maximum Gasteiger partial charge on any atom is 0.227 e. The highest BCUT2D eigenvalue weighted by Crippen LogP contribution is 2.23. The molecule has 0 saturated carbocycles. The van der Waals surface area contributed by atoms with Crippen molar-refractivity contribution in [2.24, 2.45) is 0 Å². The summed E-state index contributed by atoms with van der Waals surface area (Å²) in [4.78, 5) is 16.5. The smallest absolute Gasteiger partial charge is 0.227 e. The van der Waals surface area contributed by atoms with Crippen molar-refractivity contribution >= 4 is 38.9 Å². The van der Waals surface area contributed by atoms with Crippen LogP contribution in [0.25, 0.3) is 0 Å². The lowest BCUT2D eigenvalue weighted by Crippen LogP contribution is -2.52. The van der Waals surface area contributed by atoms with Crippen LogP contribution in [0.1, 0.15) is 12.0 Å². The lowest BCUT2D eigenvalue weighted by atomic mass is 10.1. The van der Waals surface area contributed by atoms with Gasteiger partial charge in [0.25, 0.3) is 0 Å². The van der Waals surface area contributed by atoms with Crippen molar-refractivity contribution in [2.45, 2.75) is 18.9 Å². The summed E-state index contributed by atoms with van der Waals surface area (Å²) in [6.07, 6.45) is 0.963. The van der Waals surface area contributed by atoms with E-state index in [1.165, 1.54) is 0 Å². The van der Waals surface area contributed by atoms with Crippen LogP contribution in [0.4, 0.5) is 0 Å². The molecule has 1 aromatic rings. The molecule has 1 amide bonds. The van der Waals surface area contributed by atoms with Gasteiger partial charge in [-0.2, -0.15) is 0 Å². The molecule has 0 N–H and O–H groups in total. The molecule has 132 valence electrons. The summed E-state index contributed by atoms with van der Waals surface area (Å²) in [5, 5.41) is 1.06. The van der Waals surface area contributed by atoms with Gasteiger partial charge in [0.05, 0.1) is 17.9 Å². The Balaban J connectivity index is 1.53. The zero-order chi connectivity index (χ0) is 17.3. The third-order valence-electron chi connectivity index (χ3n) is 4.75. The number of rotatable bonds is 3. The minimum Gasteiger partial charge on any atom is -0.340 e. The number of carbonyl (C=O) groups is 1. The van der Waals surface area contributed by atoms with Crippen LogP contribution in [0.2, 0.25) is 10.0 Å². The van der Waals surface area contributed by atoms with Crippen LogP contribution in [-0.4, -0.2) is 67.9 Å². The molecule has 0 aliphatic carbocycles. The number of nitrogens with zero attached hydrogens (tertiary/aromatic N) is 2. The summed E-state index contributed by atoms with van der Waals surface area (Å²) in [6.45, 7) is 2.70. The second-order valence-corrected chi connectivity index (χ2v) is 9.46. The van der Waals surface area contributed by atoms with Crippen LogP contribution in [-0.2, 0) is 21.1 Å². The third-order valence-corrected chi connectivity index (χ3v) is 7.09. The van der Waals surface area contributed by atoms with Crippen molar-refractivity contribution in [1.29, 1.82) is 0 Å². The van der Waals surface area contributed by atoms with Crippen molar-refractivity contribution in [3.05, 3.63) is 33.8 Å². The lowest BCUT2D eigenvalue weighted by molar-refractivity contribution is -0.132. The molecule has 2 heterocycles. The van der Waals surface area contributed by atoms with Gasteiger partial charge in [-0.15, -0.1) is 0 Å². The summed E-state index contributed by atoms with van der Waals surface area (Å²) in [7, 11) is -2.87. The summed E-state index contributed by atoms with van der Waals surface area (Å²) < 4.78 is 23.2. The predicted octanol–water partition coefficient (Wildman–Crippen LogP) is 1.87. The summed E-state index contributed by atoms with van der Waals surface area (Å²) in [5.41, 5.74) is 0.774. The van der Waals surface area contributed by atoms with E-state index in [4.69, 9.17) is 23.2 Å². The maximum atomic E-state index is 12.5. The van der Waals surface area contributed by atoms with Crippen molar-refractivity contribution in [2.75, 3.05) is 37.7 Å². The van der Waals surface area contributed by atoms with Gasteiger partial charge in [0.15, 0.2) is 9.84 Å². The molecular weight excluding hydrogens is 371 g/mol. The number of sulfone groups is 1. The molecule has 2 saturated heterocycles. The van der Waals surface area contributed by atoms with E-state index in [0.717, 1.165) is 18.7 Å². The molecule has 3 rings (SSSR count). The van der Waals surface area contributed by atoms with Crippen molar-refractivity contribution in [3.63, 3.8) is 0 Å². The molecule has 2 fully saturated rings. The fraction of sp³-hybridized carbons (Fsp3) is 0.562. The molecule has 24 heavy (non-hydrogen) atoms. The largest absolute Gasteiger partial charge is 0.340 e. The first-order valence-corrected chi connectivity index (χ1v) is 10.6. The highest BCUT2D eigenvalue weighted by atomic mass is 35.5. The minimum atomic E-state index is -2.87. The summed E-state index contributed by atoms with van der Waals surface area (Å²) in [5.74, 6) is 0.575. The Morgan fingerprint density at radius 2 is 1.88 bits per heavy atom. The van der Waals surface area contributed by atoms with Gasteiger partial charge in [0, 0.05) is 42.3 Å². The van der Waals surface area contributed by atoms with Crippen LogP contribution in [0.15, 0.2) is 18.2 Å². The average Bonchev–Trinajstić information content (AvgIpc) is 2.90. The van der Waals surface area contributed by atoms with Gasteiger partial charge in [0.1, 0.15) is 0 Å². The lowest BCUT2D eigenvalue weighted by Gasteiger charge is -2.37. The Morgan fingerprint density at radius 1 is 1.17 bits per heavy atom. The number of carbonyl (C=O) groups excluding carboxylic acids is 1. The van der Waals surface area contributed by atoms with E-state index in [1.807, 2.05) is 4.90 Å². The Hall–Kier alpha value is -0.820. The van der Waals surface area contributed by atoms with Gasteiger partial charge in [-0.1, -0.05) is 29.3 Å². The van der Waals surface area contributed by atoms with Gasteiger partial charge >= 0.3 is 0 Å². The van der Waals surface area contributed by atoms with E-state index >= 15 is 0 Å². The topological polar surface area (TPSA) is 57.7 Å².